The first-order valence-corrected chi connectivity index (χ1v) is 10.8. The second kappa shape index (κ2) is 9.66. The Hall–Kier alpha value is -3.33. The maximum absolute atomic E-state index is 11.5. The summed E-state index contributed by atoms with van der Waals surface area (Å²) in [6.07, 6.45) is -3.00. The van der Waals surface area contributed by atoms with Gasteiger partial charge in [0, 0.05) is 9.75 Å². The third-order valence-electron chi connectivity index (χ3n) is 4.96. The number of aryl methyl sites for hydroxylation is 1. The molecule has 176 valence electrons. The van der Waals surface area contributed by atoms with Crippen molar-refractivity contribution in [2.24, 2.45) is 0 Å². The molecule has 1 amide bonds. The lowest BCUT2D eigenvalue weighted by molar-refractivity contribution is -0.135. The Morgan fingerprint density at radius 3 is 2.79 bits per heavy atom. The number of hydrogen-bond donors (Lipinski definition) is 5. The van der Waals surface area contributed by atoms with Crippen molar-refractivity contribution in [2.75, 3.05) is 18.5 Å². The van der Waals surface area contributed by atoms with E-state index in [9.17, 15) is 19.8 Å². The molecule has 1 fully saturated rings. The van der Waals surface area contributed by atoms with Crippen LogP contribution in [0, 0.1) is 6.92 Å². The highest BCUT2D eigenvalue weighted by atomic mass is 32.1. The molecule has 0 radical (unpaired) electrons. The number of aliphatic carboxylic acids is 1. The van der Waals surface area contributed by atoms with E-state index in [4.69, 9.17) is 14.6 Å². The van der Waals surface area contributed by atoms with Crippen LogP contribution >= 0.6 is 11.3 Å². The van der Waals surface area contributed by atoms with Crippen molar-refractivity contribution in [3.63, 3.8) is 0 Å². The normalized spacial score (nSPS) is 22.4. The topological polar surface area (TPSA) is 181 Å². The number of nitrogens with zero attached hydrogens (tertiary/aromatic N) is 4. The zero-order valence-corrected chi connectivity index (χ0v) is 18.2. The van der Waals surface area contributed by atoms with Gasteiger partial charge in [-0.3, -0.25) is 9.36 Å². The zero-order valence-electron chi connectivity index (χ0n) is 17.4. The van der Waals surface area contributed by atoms with Gasteiger partial charge >= 0.3 is 12.1 Å². The molecule has 0 saturated carbocycles. The molecule has 1 aliphatic heterocycles. The predicted molar refractivity (Wildman–Crippen MR) is 115 cm³/mol. The van der Waals surface area contributed by atoms with Crippen LogP contribution in [0.3, 0.4) is 0 Å². The lowest BCUT2D eigenvalue weighted by atomic mass is 10.1. The Kier molecular flexibility index (Phi) is 6.69. The number of carbonyl (C=O) groups is 2. The van der Waals surface area contributed by atoms with Crippen LogP contribution in [-0.4, -0.2) is 78.4 Å². The summed E-state index contributed by atoms with van der Waals surface area (Å²) in [5.74, 6) is -0.722. The summed E-state index contributed by atoms with van der Waals surface area (Å²) in [5, 5.41) is 34.7. The van der Waals surface area contributed by atoms with Gasteiger partial charge in [0.15, 0.2) is 23.2 Å². The van der Waals surface area contributed by atoms with Gasteiger partial charge in [-0.25, -0.2) is 19.7 Å². The maximum Gasteiger partial charge on any atom is 0.407 e. The molecule has 0 bridgehead atoms. The average molecular weight is 478 g/mol. The number of ether oxygens (including phenoxy) is 2. The average Bonchev–Trinajstić information content (AvgIpc) is 3.48. The number of imidazole rings is 1. The molecule has 0 aliphatic carbocycles. The molecule has 0 spiro atoms. The molecule has 1 saturated heterocycles. The van der Waals surface area contributed by atoms with Gasteiger partial charge in [0.05, 0.1) is 12.9 Å². The predicted octanol–water partition coefficient (Wildman–Crippen LogP) is 0.238. The largest absolute Gasteiger partial charge is 0.480 e. The number of amides is 1. The molecule has 5 N–H and O–H groups in total. The number of carbonyl (C=O) groups excluding carboxylic acids is 1. The number of thiophene rings is 1. The van der Waals surface area contributed by atoms with Crippen LogP contribution in [-0.2, 0) is 20.8 Å². The minimum atomic E-state index is -1.36. The molecular formula is C19H22N6O7S. The van der Waals surface area contributed by atoms with Crippen LogP contribution in [0.15, 0.2) is 24.8 Å². The summed E-state index contributed by atoms with van der Waals surface area (Å²) in [5.41, 5.74) is 0.843. The molecule has 3 aromatic rings. The number of rotatable bonds is 8. The first kappa shape index (κ1) is 22.8. The van der Waals surface area contributed by atoms with Crippen molar-refractivity contribution in [3.05, 3.63) is 34.5 Å². The van der Waals surface area contributed by atoms with Gasteiger partial charge in [0.25, 0.3) is 0 Å². The monoisotopic (exact) mass is 478 g/mol. The lowest BCUT2D eigenvalue weighted by Crippen LogP contribution is -2.36. The fourth-order valence-electron chi connectivity index (χ4n) is 3.37. The highest BCUT2D eigenvalue weighted by Crippen LogP contribution is 2.32. The van der Waals surface area contributed by atoms with Gasteiger partial charge in [0.2, 0.25) is 0 Å². The van der Waals surface area contributed by atoms with Crippen LogP contribution in [0.1, 0.15) is 16.0 Å². The SMILES string of the molecule is Cc1ccc(CNc2ncnc3c2ncn3[C@@H]2O[C@H](COC(=O)NCC(=O)O)C(O)[C@@H]2O)s1. The highest BCUT2D eigenvalue weighted by molar-refractivity contribution is 7.11. The number of aliphatic hydroxyl groups excluding tert-OH is 2. The number of alkyl carbamates (subject to hydrolysis) is 1. The number of hydrogen-bond acceptors (Lipinski definition) is 11. The van der Waals surface area contributed by atoms with E-state index in [1.54, 1.807) is 11.3 Å². The molecule has 1 aliphatic rings. The van der Waals surface area contributed by atoms with Crippen molar-refractivity contribution in [3.8, 4) is 0 Å². The van der Waals surface area contributed by atoms with Gasteiger partial charge in [-0.05, 0) is 19.1 Å². The molecule has 1 unspecified atom stereocenters. The van der Waals surface area contributed by atoms with Crippen LogP contribution in [0.4, 0.5) is 10.6 Å². The number of aliphatic hydroxyl groups is 2. The Balaban J connectivity index is 1.44. The molecule has 4 heterocycles. The van der Waals surface area contributed by atoms with E-state index in [0.29, 0.717) is 23.5 Å². The molecule has 14 heteroatoms. The summed E-state index contributed by atoms with van der Waals surface area (Å²) in [6.45, 7) is 1.58. The fourth-order valence-corrected chi connectivity index (χ4v) is 4.20. The van der Waals surface area contributed by atoms with E-state index in [-0.39, 0.29) is 0 Å². The molecule has 13 nitrogen and oxygen atoms in total. The summed E-state index contributed by atoms with van der Waals surface area (Å²) in [6, 6.07) is 4.06. The van der Waals surface area contributed by atoms with Crippen LogP contribution in [0.25, 0.3) is 11.2 Å². The summed E-state index contributed by atoms with van der Waals surface area (Å²) in [4.78, 5) is 37.2. The van der Waals surface area contributed by atoms with E-state index in [0.717, 1.165) is 4.88 Å². The molecule has 3 aromatic heterocycles. The quantitative estimate of drug-likeness (QED) is 0.299. The number of carboxylic acids is 1. The molecule has 4 rings (SSSR count). The first-order valence-electron chi connectivity index (χ1n) is 9.94. The van der Waals surface area contributed by atoms with Crippen LogP contribution in [0.2, 0.25) is 0 Å². The Morgan fingerprint density at radius 1 is 1.24 bits per heavy atom. The second-order valence-corrected chi connectivity index (χ2v) is 8.68. The van der Waals surface area contributed by atoms with E-state index in [2.05, 4.69) is 20.3 Å². The first-order chi connectivity index (χ1) is 15.8. The number of fused-ring (bicyclic) bond motifs is 1. The summed E-state index contributed by atoms with van der Waals surface area (Å²) >= 11 is 1.67. The third-order valence-corrected chi connectivity index (χ3v) is 5.96. The van der Waals surface area contributed by atoms with E-state index in [1.165, 1.54) is 22.1 Å². The van der Waals surface area contributed by atoms with E-state index < -0.39 is 49.8 Å². The van der Waals surface area contributed by atoms with Gasteiger partial charge in [-0.15, -0.1) is 11.3 Å². The maximum atomic E-state index is 11.5. The number of anilines is 1. The van der Waals surface area contributed by atoms with Crippen molar-refractivity contribution in [1.29, 1.82) is 0 Å². The Labute approximate surface area is 191 Å². The fraction of sp³-hybridized carbons (Fsp3) is 0.421. The molecule has 33 heavy (non-hydrogen) atoms. The van der Waals surface area contributed by atoms with Crippen LogP contribution < -0.4 is 10.6 Å². The minimum absolute atomic E-state index is 0.381. The zero-order chi connectivity index (χ0) is 23.5. The minimum Gasteiger partial charge on any atom is -0.480 e. The Morgan fingerprint density at radius 2 is 2.06 bits per heavy atom. The molecule has 4 atom stereocenters. The number of aromatic nitrogens is 4. The van der Waals surface area contributed by atoms with E-state index >= 15 is 0 Å². The van der Waals surface area contributed by atoms with Crippen molar-refractivity contribution < 1.29 is 34.4 Å². The highest BCUT2D eigenvalue weighted by Gasteiger charge is 2.45. The molecule has 0 aromatic carbocycles. The van der Waals surface area contributed by atoms with Crippen molar-refractivity contribution in [2.45, 2.75) is 38.0 Å². The van der Waals surface area contributed by atoms with Gasteiger partial charge in [-0.2, -0.15) is 0 Å². The molecular weight excluding hydrogens is 456 g/mol. The van der Waals surface area contributed by atoms with E-state index in [1.807, 2.05) is 24.4 Å². The summed E-state index contributed by atoms with van der Waals surface area (Å²) in [7, 11) is 0. The van der Waals surface area contributed by atoms with Gasteiger partial charge in [0.1, 0.15) is 37.8 Å². The van der Waals surface area contributed by atoms with Crippen molar-refractivity contribution >= 4 is 40.4 Å². The standard InChI is InChI=1S/C19H22N6O7S/c1-9-2-3-10(33-9)4-20-16-13-17(23-7-22-16)25(8-24-13)18-15(29)14(28)11(32-18)6-31-19(30)21-5-12(26)27/h2-3,7-8,11,14-15,18,28-29H,4-6H2,1H3,(H,21,30)(H,26,27)(H,20,22,23)/t11-,14?,15+,18-/m1/s1. The second-order valence-electron chi connectivity index (χ2n) is 7.30. The van der Waals surface area contributed by atoms with Crippen molar-refractivity contribution in [1.82, 2.24) is 24.8 Å². The lowest BCUT2D eigenvalue weighted by Gasteiger charge is -2.16. The smallest absolute Gasteiger partial charge is 0.407 e. The number of nitrogens with one attached hydrogen (secondary N) is 2. The third kappa shape index (κ3) is 5.03. The van der Waals surface area contributed by atoms with Crippen LogP contribution in [0.5, 0.6) is 0 Å². The van der Waals surface area contributed by atoms with Gasteiger partial charge < -0.3 is 35.4 Å². The summed E-state index contributed by atoms with van der Waals surface area (Å²) < 4.78 is 12.1. The number of carboxylic acid groups (broad SMARTS) is 1. The Bertz CT molecular complexity index is 1150. The van der Waals surface area contributed by atoms with Gasteiger partial charge in [-0.1, -0.05) is 0 Å².